The Kier molecular flexibility index (Phi) is 4.14. The summed E-state index contributed by atoms with van der Waals surface area (Å²) in [5.41, 5.74) is 0.866. The zero-order valence-corrected chi connectivity index (χ0v) is 12.2. The fourth-order valence-corrected chi connectivity index (χ4v) is 2.46. The second-order valence-corrected chi connectivity index (χ2v) is 5.20. The van der Waals surface area contributed by atoms with Crippen molar-refractivity contribution < 1.29 is 9.90 Å². The van der Waals surface area contributed by atoms with Gasteiger partial charge >= 0.3 is 5.97 Å². The predicted octanol–water partition coefficient (Wildman–Crippen LogP) is 3.46. The lowest BCUT2D eigenvalue weighted by atomic mass is 10.1. The third-order valence-electron chi connectivity index (χ3n) is 3.41. The van der Waals surface area contributed by atoms with E-state index in [1.54, 1.807) is 12.1 Å². The van der Waals surface area contributed by atoms with Crippen molar-refractivity contribution >= 4 is 28.5 Å². The van der Waals surface area contributed by atoms with E-state index in [2.05, 4.69) is 6.92 Å². The molecule has 0 spiro atoms. The van der Waals surface area contributed by atoms with Gasteiger partial charge in [0.05, 0.1) is 5.52 Å². The zero-order valence-electron chi connectivity index (χ0n) is 11.4. The van der Waals surface area contributed by atoms with Crippen LogP contribution in [0.15, 0.2) is 23.1 Å². The van der Waals surface area contributed by atoms with Gasteiger partial charge in [0.25, 0.3) is 0 Å². The summed E-state index contributed by atoms with van der Waals surface area (Å²) in [6.45, 7) is 4.56. The maximum atomic E-state index is 12.2. The summed E-state index contributed by atoms with van der Waals surface area (Å²) in [6, 6.07) is 3.23. The highest BCUT2D eigenvalue weighted by Crippen LogP contribution is 2.24. The van der Waals surface area contributed by atoms with Crippen LogP contribution in [0, 0.1) is 6.92 Å². The van der Waals surface area contributed by atoms with Crippen molar-refractivity contribution in [3.8, 4) is 0 Å². The molecule has 0 amide bonds. The number of carboxylic acids is 1. The topological polar surface area (TPSA) is 59.3 Å². The average molecular weight is 294 g/mol. The summed E-state index contributed by atoms with van der Waals surface area (Å²) in [5, 5.41) is 10.1. The van der Waals surface area contributed by atoms with Crippen molar-refractivity contribution in [3.63, 3.8) is 0 Å². The molecule has 0 radical (unpaired) electrons. The quantitative estimate of drug-likeness (QED) is 0.939. The van der Waals surface area contributed by atoms with Crippen LogP contribution in [0.1, 0.15) is 35.7 Å². The number of fused-ring (bicyclic) bond motifs is 1. The van der Waals surface area contributed by atoms with Gasteiger partial charge in [0.1, 0.15) is 5.56 Å². The molecule has 0 aliphatic carbocycles. The van der Waals surface area contributed by atoms with E-state index < -0.39 is 11.4 Å². The molecular weight excluding hydrogens is 278 g/mol. The van der Waals surface area contributed by atoms with E-state index in [1.807, 2.05) is 11.5 Å². The van der Waals surface area contributed by atoms with Crippen LogP contribution in [0.25, 0.3) is 10.9 Å². The van der Waals surface area contributed by atoms with Crippen LogP contribution < -0.4 is 5.43 Å². The number of benzene rings is 1. The standard InChI is InChI=1S/C15H16ClNO3/c1-3-4-7-17-8-11(15(19)20)14(18)10-5-6-12(16)9(2)13(10)17/h5-6,8H,3-4,7H2,1-2H3,(H,19,20). The summed E-state index contributed by atoms with van der Waals surface area (Å²) in [6.07, 6.45) is 3.31. The minimum Gasteiger partial charge on any atom is -0.477 e. The molecule has 0 unspecified atom stereocenters. The van der Waals surface area contributed by atoms with Crippen LogP contribution in [-0.4, -0.2) is 15.6 Å². The minimum absolute atomic E-state index is 0.199. The van der Waals surface area contributed by atoms with E-state index in [1.165, 1.54) is 6.20 Å². The molecule has 0 aliphatic rings. The molecule has 1 aromatic heterocycles. The van der Waals surface area contributed by atoms with Gasteiger partial charge in [-0.05, 0) is 31.0 Å². The van der Waals surface area contributed by atoms with Gasteiger partial charge in [0.15, 0.2) is 0 Å². The molecule has 0 saturated carbocycles. The molecule has 106 valence electrons. The SMILES string of the molecule is CCCCn1cc(C(=O)O)c(=O)c2ccc(Cl)c(C)c21. The molecule has 0 fully saturated rings. The fourth-order valence-electron chi connectivity index (χ4n) is 2.31. The minimum atomic E-state index is -1.20. The predicted molar refractivity (Wildman–Crippen MR) is 79.8 cm³/mol. The van der Waals surface area contributed by atoms with Gasteiger partial charge < -0.3 is 9.67 Å². The molecular formula is C15H16ClNO3. The molecule has 0 bridgehead atoms. The van der Waals surface area contributed by atoms with Crippen LogP contribution in [0.4, 0.5) is 0 Å². The fraction of sp³-hybridized carbons (Fsp3) is 0.333. The van der Waals surface area contributed by atoms with Gasteiger partial charge in [0, 0.05) is 23.2 Å². The summed E-state index contributed by atoms with van der Waals surface area (Å²) in [5.74, 6) is -1.20. The lowest BCUT2D eigenvalue weighted by Crippen LogP contribution is -2.19. The summed E-state index contributed by atoms with van der Waals surface area (Å²) in [7, 11) is 0. The highest BCUT2D eigenvalue weighted by atomic mass is 35.5. The number of nitrogens with zero attached hydrogens (tertiary/aromatic N) is 1. The van der Waals surface area contributed by atoms with E-state index >= 15 is 0 Å². The van der Waals surface area contributed by atoms with E-state index in [-0.39, 0.29) is 5.56 Å². The number of hydrogen-bond acceptors (Lipinski definition) is 2. The van der Waals surface area contributed by atoms with Crippen LogP contribution in [0.2, 0.25) is 5.02 Å². The smallest absolute Gasteiger partial charge is 0.341 e. The molecule has 1 N–H and O–H groups in total. The number of carboxylic acid groups (broad SMARTS) is 1. The van der Waals surface area contributed by atoms with Gasteiger partial charge in [-0.1, -0.05) is 24.9 Å². The summed E-state index contributed by atoms with van der Waals surface area (Å²) >= 11 is 6.12. The second-order valence-electron chi connectivity index (χ2n) is 4.79. The molecule has 0 aliphatic heterocycles. The van der Waals surface area contributed by atoms with Gasteiger partial charge in [-0.3, -0.25) is 4.79 Å². The van der Waals surface area contributed by atoms with Gasteiger partial charge in [0.2, 0.25) is 5.43 Å². The Bertz CT molecular complexity index is 734. The number of halogens is 1. The van der Waals surface area contributed by atoms with Crippen molar-refractivity contribution in [2.24, 2.45) is 0 Å². The number of aryl methyl sites for hydroxylation is 2. The Morgan fingerprint density at radius 2 is 2.10 bits per heavy atom. The van der Waals surface area contributed by atoms with E-state index in [0.29, 0.717) is 17.0 Å². The third-order valence-corrected chi connectivity index (χ3v) is 3.82. The van der Waals surface area contributed by atoms with Crippen molar-refractivity contribution in [3.05, 3.63) is 44.7 Å². The number of pyridine rings is 1. The maximum Gasteiger partial charge on any atom is 0.341 e. The number of hydrogen-bond donors (Lipinski definition) is 1. The summed E-state index contributed by atoms with van der Waals surface area (Å²) in [4.78, 5) is 23.4. The number of aromatic nitrogens is 1. The Balaban J connectivity index is 2.86. The van der Waals surface area contributed by atoms with E-state index in [0.717, 1.165) is 23.9 Å². The first-order valence-corrected chi connectivity index (χ1v) is 6.90. The molecule has 1 aromatic carbocycles. The van der Waals surface area contributed by atoms with Crippen LogP contribution in [-0.2, 0) is 6.54 Å². The third kappa shape index (κ3) is 2.43. The first-order chi connectivity index (χ1) is 9.47. The average Bonchev–Trinajstić information content (AvgIpc) is 2.41. The Morgan fingerprint density at radius 1 is 1.40 bits per heavy atom. The molecule has 0 saturated heterocycles. The second kappa shape index (κ2) is 5.67. The molecule has 2 rings (SSSR count). The summed E-state index contributed by atoms with van der Waals surface area (Å²) < 4.78 is 1.82. The first-order valence-electron chi connectivity index (χ1n) is 6.53. The molecule has 20 heavy (non-hydrogen) atoms. The Hall–Kier alpha value is -1.81. The highest BCUT2D eigenvalue weighted by Gasteiger charge is 2.16. The normalized spacial score (nSPS) is 10.9. The molecule has 2 aromatic rings. The zero-order chi connectivity index (χ0) is 14.9. The number of rotatable bonds is 4. The van der Waals surface area contributed by atoms with Crippen LogP contribution in [0.5, 0.6) is 0 Å². The van der Waals surface area contributed by atoms with Crippen LogP contribution >= 0.6 is 11.6 Å². The van der Waals surface area contributed by atoms with Gasteiger partial charge in [-0.2, -0.15) is 0 Å². The lowest BCUT2D eigenvalue weighted by molar-refractivity contribution is 0.0695. The molecule has 1 heterocycles. The van der Waals surface area contributed by atoms with Gasteiger partial charge in [-0.25, -0.2) is 4.79 Å². The maximum absolute atomic E-state index is 12.2. The van der Waals surface area contributed by atoms with Crippen molar-refractivity contribution in [1.82, 2.24) is 4.57 Å². The largest absolute Gasteiger partial charge is 0.477 e. The number of aromatic carboxylic acids is 1. The van der Waals surface area contributed by atoms with Crippen molar-refractivity contribution in [1.29, 1.82) is 0 Å². The van der Waals surface area contributed by atoms with E-state index in [9.17, 15) is 9.59 Å². The Morgan fingerprint density at radius 3 is 2.70 bits per heavy atom. The molecule has 4 nitrogen and oxygen atoms in total. The number of carbonyl (C=O) groups is 1. The van der Waals surface area contributed by atoms with E-state index in [4.69, 9.17) is 16.7 Å². The first kappa shape index (κ1) is 14.6. The molecule has 0 atom stereocenters. The van der Waals surface area contributed by atoms with Crippen molar-refractivity contribution in [2.45, 2.75) is 33.2 Å². The van der Waals surface area contributed by atoms with Crippen LogP contribution in [0.3, 0.4) is 0 Å². The molecule has 5 heteroatoms. The monoisotopic (exact) mass is 293 g/mol. The highest BCUT2D eigenvalue weighted by molar-refractivity contribution is 6.32. The Labute approximate surface area is 121 Å². The van der Waals surface area contributed by atoms with Gasteiger partial charge in [-0.15, -0.1) is 0 Å². The number of unbranched alkanes of at least 4 members (excludes halogenated alkanes) is 1. The lowest BCUT2D eigenvalue weighted by Gasteiger charge is -2.14. The van der Waals surface area contributed by atoms with Crippen molar-refractivity contribution in [2.75, 3.05) is 0 Å².